The van der Waals surface area contributed by atoms with Gasteiger partial charge in [0.25, 0.3) is 0 Å². The van der Waals surface area contributed by atoms with Crippen LogP contribution in [0.25, 0.3) is 0 Å². The molecule has 0 aliphatic carbocycles. The molecular weight excluding hydrogens is 300 g/mol. The number of nitrogens with zero attached hydrogens (tertiary/aromatic N) is 4. The van der Waals surface area contributed by atoms with Crippen LogP contribution in [0.5, 0.6) is 0 Å². The number of aliphatic hydroxyl groups excluding tert-OH is 1. The summed E-state index contributed by atoms with van der Waals surface area (Å²) in [6, 6.07) is 7.46. The Morgan fingerprint density at radius 3 is 2.59 bits per heavy atom. The van der Waals surface area contributed by atoms with Gasteiger partial charge in [0, 0.05) is 55.7 Å². The maximum atomic E-state index is 10.4. The van der Waals surface area contributed by atoms with Gasteiger partial charge in [-0.25, -0.2) is 4.98 Å². The second-order valence-corrected chi connectivity index (χ2v) is 5.80. The highest BCUT2D eigenvalue weighted by Crippen LogP contribution is 2.23. The molecule has 116 valence electrons. The van der Waals surface area contributed by atoms with Crippen LogP contribution < -0.4 is 4.90 Å². The first-order chi connectivity index (χ1) is 10.7. The van der Waals surface area contributed by atoms with Crippen molar-refractivity contribution >= 4 is 17.4 Å². The molecule has 0 spiro atoms. The number of benzene rings is 1. The van der Waals surface area contributed by atoms with Gasteiger partial charge in [0.15, 0.2) is 0 Å². The van der Waals surface area contributed by atoms with Crippen molar-refractivity contribution in [1.29, 1.82) is 0 Å². The van der Waals surface area contributed by atoms with Crippen molar-refractivity contribution in [2.75, 3.05) is 37.6 Å². The Kier molecular flexibility index (Phi) is 4.87. The number of β-amino-alcohol motifs (C(OH)–C–C–N with tert-alkyl or cyclic N) is 1. The molecule has 1 aliphatic rings. The molecule has 1 N–H and O–H groups in total. The Bertz CT molecular complexity index is 602. The minimum Gasteiger partial charge on any atom is -0.387 e. The molecule has 1 atom stereocenters. The third kappa shape index (κ3) is 3.55. The minimum absolute atomic E-state index is 0.559. The molecule has 6 heteroatoms. The molecule has 0 saturated carbocycles. The lowest BCUT2D eigenvalue weighted by Crippen LogP contribution is -2.47. The van der Waals surface area contributed by atoms with Crippen LogP contribution in [0, 0.1) is 0 Å². The molecule has 0 radical (unpaired) electrons. The average Bonchev–Trinajstić information content (AvgIpc) is 2.57. The van der Waals surface area contributed by atoms with Crippen LogP contribution in [0.4, 0.5) is 5.82 Å². The van der Waals surface area contributed by atoms with Crippen molar-refractivity contribution in [2.45, 2.75) is 6.10 Å². The van der Waals surface area contributed by atoms with Gasteiger partial charge < -0.3 is 10.0 Å². The van der Waals surface area contributed by atoms with Gasteiger partial charge in [0.2, 0.25) is 0 Å². The monoisotopic (exact) mass is 318 g/mol. The molecule has 1 saturated heterocycles. The predicted octanol–water partition coefficient (Wildman–Crippen LogP) is 1.99. The largest absolute Gasteiger partial charge is 0.387 e. The zero-order valence-electron chi connectivity index (χ0n) is 12.3. The van der Waals surface area contributed by atoms with Crippen LogP contribution >= 0.6 is 11.6 Å². The number of hydrogen-bond donors (Lipinski definition) is 1. The van der Waals surface area contributed by atoms with Crippen molar-refractivity contribution in [3.8, 4) is 0 Å². The Morgan fingerprint density at radius 1 is 1.14 bits per heavy atom. The van der Waals surface area contributed by atoms with Gasteiger partial charge in [-0.2, -0.15) is 0 Å². The van der Waals surface area contributed by atoms with Gasteiger partial charge in [-0.05, 0) is 6.07 Å². The van der Waals surface area contributed by atoms with Gasteiger partial charge in [0.05, 0.1) is 12.3 Å². The quantitative estimate of drug-likeness (QED) is 0.934. The van der Waals surface area contributed by atoms with E-state index in [2.05, 4.69) is 19.8 Å². The van der Waals surface area contributed by atoms with E-state index in [0.29, 0.717) is 11.6 Å². The van der Waals surface area contributed by atoms with Crippen molar-refractivity contribution in [3.05, 3.63) is 53.4 Å². The molecule has 1 aliphatic heterocycles. The SMILES string of the molecule is O[C@H](CN1CCN(c2cnccn2)CC1)c1ccccc1Cl. The van der Waals surface area contributed by atoms with Crippen LogP contribution in [0.15, 0.2) is 42.9 Å². The summed E-state index contributed by atoms with van der Waals surface area (Å²) in [7, 11) is 0. The zero-order valence-corrected chi connectivity index (χ0v) is 13.0. The number of anilines is 1. The molecule has 0 unspecified atom stereocenters. The topological polar surface area (TPSA) is 52.5 Å². The summed E-state index contributed by atoms with van der Waals surface area (Å²) in [5, 5.41) is 11.0. The van der Waals surface area contributed by atoms with E-state index in [0.717, 1.165) is 37.6 Å². The van der Waals surface area contributed by atoms with E-state index in [9.17, 15) is 5.11 Å². The predicted molar refractivity (Wildman–Crippen MR) is 87.1 cm³/mol. The summed E-state index contributed by atoms with van der Waals surface area (Å²) in [6.45, 7) is 4.14. The highest BCUT2D eigenvalue weighted by Gasteiger charge is 2.21. The van der Waals surface area contributed by atoms with E-state index in [4.69, 9.17) is 11.6 Å². The van der Waals surface area contributed by atoms with Gasteiger partial charge in [-0.15, -0.1) is 0 Å². The number of halogens is 1. The fourth-order valence-corrected chi connectivity index (χ4v) is 2.96. The molecule has 5 nitrogen and oxygen atoms in total. The molecule has 1 fully saturated rings. The average molecular weight is 319 g/mol. The Labute approximate surface area is 135 Å². The summed E-state index contributed by atoms with van der Waals surface area (Å²) >= 11 is 6.14. The lowest BCUT2D eigenvalue weighted by atomic mass is 10.1. The van der Waals surface area contributed by atoms with E-state index in [1.165, 1.54) is 0 Å². The maximum absolute atomic E-state index is 10.4. The number of aliphatic hydroxyl groups is 1. The summed E-state index contributed by atoms with van der Waals surface area (Å²) in [6.07, 6.45) is 4.62. The summed E-state index contributed by atoms with van der Waals surface area (Å²) in [4.78, 5) is 12.9. The summed E-state index contributed by atoms with van der Waals surface area (Å²) in [5.41, 5.74) is 0.792. The fraction of sp³-hybridized carbons (Fsp3) is 0.375. The standard InChI is InChI=1S/C16H19ClN4O/c17-14-4-2-1-3-13(14)15(22)12-20-7-9-21(10-8-20)16-11-18-5-6-19-16/h1-6,11,15,22H,7-10,12H2/t15-/m1/s1. The van der Waals surface area contributed by atoms with Gasteiger partial charge in [0.1, 0.15) is 5.82 Å². The number of aromatic nitrogens is 2. The minimum atomic E-state index is -0.559. The normalized spacial score (nSPS) is 17.5. The van der Waals surface area contributed by atoms with E-state index in [-0.39, 0.29) is 0 Å². The summed E-state index contributed by atoms with van der Waals surface area (Å²) < 4.78 is 0. The van der Waals surface area contributed by atoms with Crippen LogP contribution in [0.1, 0.15) is 11.7 Å². The number of piperazine rings is 1. The van der Waals surface area contributed by atoms with Crippen molar-refractivity contribution in [2.24, 2.45) is 0 Å². The molecular formula is C16H19ClN4O. The van der Waals surface area contributed by atoms with E-state index in [1.54, 1.807) is 18.6 Å². The lowest BCUT2D eigenvalue weighted by Gasteiger charge is -2.36. The van der Waals surface area contributed by atoms with Crippen LogP contribution in [-0.2, 0) is 0 Å². The second-order valence-electron chi connectivity index (χ2n) is 5.39. The van der Waals surface area contributed by atoms with Crippen LogP contribution in [-0.4, -0.2) is 52.7 Å². The third-order valence-corrected chi connectivity index (χ3v) is 4.29. The number of hydrogen-bond acceptors (Lipinski definition) is 5. The van der Waals surface area contributed by atoms with Gasteiger partial charge >= 0.3 is 0 Å². The third-order valence-electron chi connectivity index (χ3n) is 3.94. The molecule has 22 heavy (non-hydrogen) atoms. The molecule has 2 aromatic rings. The van der Waals surface area contributed by atoms with E-state index < -0.39 is 6.10 Å². The van der Waals surface area contributed by atoms with Crippen LogP contribution in [0.3, 0.4) is 0 Å². The van der Waals surface area contributed by atoms with Crippen molar-refractivity contribution in [1.82, 2.24) is 14.9 Å². The maximum Gasteiger partial charge on any atom is 0.147 e. The molecule has 2 heterocycles. The second kappa shape index (κ2) is 7.05. The first kappa shape index (κ1) is 15.2. The zero-order chi connectivity index (χ0) is 15.4. The molecule has 1 aromatic carbocycles. The first-order valence-electron chi connectivity index (χ1n) is 7.40. The Hall–Kier alpha value is -1.69. The van der Waals surface area contributed by atoms with Gasteiger partial charge in [-0.1, -0.05) is 29.8 Å². The lowest BCUT2D eigenvalue weighted by molar-refractivity contribution is 0.109. The van der Waals surface area contributed by atoms with Crippen molar-refractivity contribution in [3.63, 3.8) is 0 Å². The number of rotatable bonds is 4. The highest BCUT2D eigenvalue weighted by atomic mass is 35.5. The van der Waals surface area contributed by atoms with Crippen molar-refractivity contribution < 1.29 is 5.11 Å². The van der Waals surface area contributed by atoms with Crippen LogP contribution in [0.2, 0.25) is 5.02 Å². The van der Waals surface area contributed by atoms with Gasteiger partial charge in [-0.3, -0.25) is 9.88 Å². The Balaban J connectivity index is 1.55. The molecule has 0 amide bonds. The molecule has 1 aromatic heterocycles. The van der Waals surface area contributed by atoms with E-state index in [1.807, 2.05) is 24.3 Å². The first-order valence-corrected chi connectivity index (χ1v) is 7.77. The Morgan fingerprint density at radius 2 is 1.91 bits per heavy atom. The molecule has 0 bridgehead atoms. The smallest absolute Gasteiger partial charge is 0.147 e. The van der Waals surface area contributed by atoms with E-state index >= 15 is 0 Å². The summed E-state index contributed by atoms with van der Waals surface area (Å²) in [5.74, 6) is 0.911. The fourth-order valence-electron chi connectivity index (χ4n) is 2.70. The highest BCUT2D eigenvalue weighted by molar-refractivity contribution is 6.31. The molecule has 3 rings (SSSR count).